The van der Waals surface area contributed by atoms with Crippen molar-refractivity contribution in [2.45, 2.75) is 19.9 Å². The van der Waals surface area contributed by atoms with Crippen LogP contribution in [0.4, 0.5) is 4.39 Å². The molecule has 0 aliphatic heterocycles. The first kappa shape index (κ1) is 13.4. The van der Waals surface area contributed by atoms with Gasteiger partial charge in [-0.1, -0.05) is 12.1 Å². The van der Waals surface area contributed by atoms with E-state index in [1.54, 1.807) is 26.0 Å². The molecule has 0 saturated heterocycles. The second-order valence-electron chi connectivity index (χ2n) is 3.93. The predicted molar refractivity (Wildman–Crippen MR) is 64.7 cm³/mol. The summed E-state index contributed by atoms with van der Waals surface area (Å²) in [7, 11) is 0. The number of hydrogen-bond donors (Lipinski definition) is 2. The van der Waals surface area contributed by atoms with E-state index in [1.807, 2.05) is 0 Å². The standard InChI is InChI=1S/C13H16FNO2/c1-9(7-13(17)15-10(2)8-16)11-3-5-12(14)6-4-11/h3-7,10,16H,8H2,1-2H3,(H,15,17)/b9-7-. The summed E-state index contributed by atoms with van der Waals surface area (Å²) in [5.41, 5.74) is 1.53. The smallest absolute Gasteiger partial charge is 0.244 e. The highest BCUT2D eigenvalue weighted by atomic mass is 19.1. The fourth-order valence-electron chi connectivity index (χ4n) is 1.32. The lowest BCUT2D eigenvalue weighted by Gasteiger charge is -2.09. The molecule has 1 amide bonds. The van der Waals surface area contributed by atoms with Gasteiger partial charge in [-0.05, 0) is 37.1 Å². The Morgan fingerprint density at radius 3 is 2.59 bits per heavy atom. The van der Waals surface area contributed by atoms with Gasteiger partial charge in [-0.15, -0.1) is 0 Å². The lowest BCUT2D eigenvalue weighted by atomic mass is 10.1. The Hall–Kier alpha value is -1.68. The molecule has 3 nitrogen and oxygen atoms in total. The molecule has 92 valence electrons. The van der Waals surface area contributed by atoms with Crippen molar-refractivity contribution < 1.29 is 14.3 Å². The number of allylic oxidation sites excluding steroid dienone is 1. The van der Waals surface area contributed by atoms with Crippen LogP contribution in [-0.4, -0.2) is 23.7 Å². The van der Waals surface area contributed by atoms with Gasteiger partial charge in [-0.3, -0.25) is 4.79 Å². The molecule has 0 fully saturated rings. The molecule has 0 radical (unpaired) electrons. The Kier molecular flexibility index (Phi) is 4.84. The maximum absolute atomic E-state index is 12.7. The summed E-state index contributed by atoms with van der Waals surface area (Å²) in [6, 6.07) is 5.65. The van der Waals surface area contributed by atoms with Crippen molar-refractivity contribution in [3.05, 3.63) is 41.7 Å². The number of rotatable bonds is 4. The third-order valence-corrected chi connectivity index (χ3v) is 2.31. The van der Waals surface area contributed by atoms with Crippen molar-refractivity contribution in [3.8, 4) is 0 Å². The summed E-state index contributed by atoms with van der Waals surface area (Å²) in [5, 5.41) is 11.4. The SMILES string of the molecule is C/C(=C/C(=O)NC(C)CO)c1ccc(F)cc1. The maximum atomic E-state index is 12.7. The maximum Gasteiger partial charge on any atom is 0.244 e. The van der Waals surface area contributed by atoms with E-state index in [4.69, 9.17) is 5.11 Å². The zero-order valence-corrected chi connectivity index (χ0v) is 9.90. The normalized spacial score (nSPS) is 13.3. The fraction of sp³-hybridized carbons (Fsp3) is 0.308. The average Bonchev–Trinajstić information content (AvgIpc) is 2.29. The Balaban J connectivity index is 2.72. The van der Waals surface area contributed by atoms with E-state index >= 15 is 0 Å². The number of hydrogen-bond acceptors (Lipinski definition) is 2. The number of halogens is 1. The van der Waals surface area contributed by atoms with E-state index in [1.165, 1.54) is 18.2 Å². The summed E-state index contributed by atoms with van der Waals surface area (Å²) in [6.45, 7) is 3.38. The molecule has 0 heterocycles. The van der Waals surface area contributed by atoms with Crippen LogP contribution in [0.3, 0.4) is 0 Å². The first-order valence-corrected chi connectivity index (χ1v) is 5.38. The van der Waals surface area contributed by atoms with Crippen LogP contribution in [0, 0.1) is 5.82 Å². The molecule has 1 atom stereocenters. The average molecular weight is 237 g/mol. The lowest BCUT2D eigenvalue weighted by Crippen LogP contribution is -2.33. The van der Waals surface area contributed by atoms with Crippen molar-refractivity contribution in [2.24, 2.45) is 0 Å². The van der Waals surface area contributed by atoms with Gasteiger partial charge in [0, 0.05) is 12.1 Å². The van der Waals surface area contributed by atoms with E-state index in [9.17, 15) is 9.18 Å². The Bertz CT molecular complexity index is 412. The van der Waals surface area contributed by atoms with Crippen LogP contribution in [0.5, 0.6) is 0 Å². The molecule has 1 rings (SSSR count). The summed E-state index contributed by atoms with van der Waals surface area (Å²) < 4.78 is 12.7. The molecular weight excluding hydrogens is 221 g/mol. The van der Waals surface area contributed by atoms with Crippen molar-refractivity contribution in [2.75, 3.05) is 6.61 Å². The summed E-state index contributed by atoms with van der Waals surface area (Å²) in [4.78, 5) is 11.5. The third kappa shape index (κ3) is 4.36. The second-order valence-corrected chi connectivity index (χ2v) is 3.93. The highest BCUT2D eigenvalue weighted by Gasteiger charge is 2.04. The van der Waals surface area contributed by atoms with E-state index in [0.29, 0.717) is 0 Å². The van der Waals surface area contributed by atoms with Gasteiger partial charge in [-0.25, -0.2) is 4.39 Å². The quantitative estimate of drug-likeness (QED) is 0.783. The summed E-state index contributed by atoms with van der Waals surface area (Å²) in [5.74, 6) is -0.576. The molecule has 0 aliphatic carbocycles. The van der Waals surface area contributed by atoms with Crippen LogP contribution in [0.15, 0.2) is 30.3 Å². The van der Waals surface area contributed by atoms with Crippen LogP contribution >= 0.6 is 0 Å². The van der Waals surface area contributed by atoms with Crippen LogP contribution in [0.25, 0.3) is 5.57 Å². The molecule has 1 unspecified atom stereocenters. The van der Waals surface area contributed by atoms with Crippen molar-refractivity contribution in [1.29, 1.82) is 0 Å². The minimum absolute atomic E-state index is 0.102. The van der Waals surface area contributed by atoms with Gasteiger partial charge in [0.15, 0.2) is 0 Å². The summed E-state index contributed by atoms with van der Waals surface area (Å²) in [6.07, 6.45) is 1.43. The number of amides is 1. The zero-order valence-electron chi connectivity index (χ0n) is 9.90. The molecule has 2 N–H and O–H groups in total. The first-order chi connectivity index (χ1) is 8.02. The molecule has 0 saturated carbocycles. The molecule has 0 spiro atoms. The number of aliphatic hydroxyl groups excluding tert-OH is 1. The van der Waals surface area contributed by atoms with Crippen molar-refractivity contribution in [1.82, 2.24) is 5.32 Å². The molecule has 4 heteroatoms. The van der Waals surface area contributed by atoms with Crippen LogP contribution < -0.4 is 5.32 Å². The molecule has 1 aromatic rings. The highest BCUT2D eigenvalue weighted by Crippen LogP contribution is 2.13. The second kappa shape index (κ2) is 6.15. The molecule has 17 heavy (non-hydrogen) atoms. The van der Waals surface area contributed by atoms with Crippen molar-refractivity contribution in [3.63, 3.8) is 0 Å². The van der Waals surface area contributed by atoms with Gasteiger partial charge < -0.3 is 10.4 Å². The van der Waals surface area contributed by atoms with E-state index in [2.05, 4.69) is 5.32 Å². The van der Waals surface area contributed by atoms with Crippen LogP contribution in [-0.2, 0) is 4.79 Å². The van der Waals surface area contributed by atoms with Crippen LogP contribution in [0.1, 0.15) is 19.4 Å². The molecule has 0 aliphatic rings. The topological polar surface area (TPSA) is 49.3 Å². The van der Waals surface area contributed by atoms with Gasteiger partial charge >= 0.3 is 0 Å². The minimum atomic E-state index is -0.306. The number of benzene rings is 1. The molecular formula is C13H16FNO2. The Morgan fingerprint density at radius 2 is 2.06 bits per heavy atom. The lowest BCUT2D eigenvalue weighted by molar-refractivity contribution is -0.117. The number of nitrogens with one attached hydrogen (secondary N) is 1. The monoisotopic (exact) mass is 237 g/mol. The Morgan fingerprint density at radius 1 is 1.47 bits per heavy atom. The fourth-order valence-corrected chi connectivity index (χ4v) is 1.32. The van der Waals surface area contributed by atoms with Crippen molar-refractivity contribution >= 4 is 11.5 Å². The third-order valence-electron chi connectivity index (χ3n) is 2.31. The van der Waals surface area contributed by atoms with Crippen LogP contribution in [0.2, 0.25) is 0 Å². The van der Waals surface area contributed by atoms with Gasteiger partial charge in [0.1, 0.15) is 5.82 Å². The number of carbonyl (C=O) groups is 1. The van der Waals surface area contributed by atoms with E-state index < -0.39 is 0 Å². The van der Waals surface area contributed by atoms with Gasteiger partial charge in [-0.2, -0.15) is 0 Å². The molecule has 0 aromatic heterocycles. The zero-order chi connectivity index (χ0) is 12.8. The van der Waals surface area contributed by atoms with E-state index in [0.717, 1.165) is 11.1 Å². The molecule has 0 bridgehead atoms. The summed E-state index contributed by atoms with van der Waals surface area (Å²) >= 11 is 0. The number of aliphatic hydroxyl groups is 1. The van der Waals surface area contributed by atoms with E-state index in [-0.39, 0.29) is 24.4 Å². The highest BCUT2D eigenvalue weighted by molar-refractivity contribution is 5.94. The van der Waals surface area contributed by atoms with Gasteiger partial charge in [0.2, 0.25) is 5.91 Å². The minimum Gasteiger partial charge on any atom is -0.394 e. The number of carbonyl (C=O) groups excluding carboxylic acids is 1. The Labute approximate surface area is 100.0 Å². The first-order valence-electron chi connectivity index (χ1n) is 5.38. The van der Waals surface area contributed by atoms with Gasteiger partial charge in [0.25, 0.3) is 0 Å². The predicted octanol–water partition coefficient (Wildman–Crippen LogP) is 1.73. The molecule has 1 aromatic carbocycles. The van der Waals surface area contributed by atoms with Gasteiger partial charge in [0.05, 0.1) is 6.61 Å². The largest absolute Gasteiger partial charge is 0.394 e.